The first kappa shape index (κ1) is 20.5. The van der Waals surface area contributed by atoms with Crippen molar-refractivity contribution in [2.24, 2.45) is 5.92 Å². The molecule has 0 aromatic heterocycles. The van der Waals surface area contributed by atoms with Crippen molar-refractivity contribution in [2.45, 2.75) is 19.4 Å². The average Bonchev–Trinajstić information content (AvgIpc) is 3.03. The molecule has 1 aliphatic rings. The maximum Gasteiger partial charge on any atom is 0.413 e. The van der Waals surface area contributed by atoms with E-state index >= 15 is 0 Å². The number of benzene rings is 1. The summed E-state index contributed by atoms with van der Waals surface area (Å²) >= 11 is 5.99. The molecule has 1 aromatic rings. The highest BCUT2D eigenvalue weighted by molar-refractivity contribution is 6.31. The maximum atomic E-state index is 12.4. The monoisotopic (exact) mass is 398 g/mol. The van der Waals surface area contributed by atoms with Gasteiger partial charge in [0.1, 0.15) is 5.75 Å². The van der Waals surface area contributed by atoms with Crippen molar-refractivity contribution in [3.05, 3.63) is 23.2 Å². The van der Waals surface area contributed by atoms with Crippen molar-refractivity contribution in [1.29, 1.82) is 0 Å². The van der Waals surface area contributed by atoms with Crippen molar-refractivity contribution < 1.29 is 33.4 Å². The molecule has 27 heavy (non-hydrogen) atoms. The van der Waals surface area contributed by atoms with Crippen LogP contribution < -0.4 is 15.0 Å². The molecule has 0 bridgehead atoms. The van der Waals surface area contributed by atoms with Crippen molar-refractivity contribution in [1.82, 2.24) is 5.32 Å². The fourth-order valence-electron chi connectivity index (χ4n) is 2.55. The number of nitrogens with one attached hydrogen (secondary N) is 1. The number of ether oxygens (including phenoxy) is 3. The van der Waals surface area contributed by atoms with Gasteiger partial charge in [-0.25, -0.2) is 4.79 Å². The number of carbonyl (C=O) groups is 4. The first-order chi connectivity index (χ1) is 12.8. The van der Waals surface area contributed by atoms with Gasteiger partial charge in [0.2, 0.25) is 5.91 Å². The number of halogens is 1. The summed E-state index contributed by atoms with van der Waals surface area (Å²) in [6.45, 7) is 1.37. The molecule has 2 atom stereocenters. The Balaban J connectivity index is 2.04. The fraction of sp³-hybridized carbons (Fsp3) is 0.412. The lowest BCUT2D eigenvalue weighted by Gasteiger charge is -2.20. The number of imide groups is 1. The van der Waals surface area contributed by atoms with E-state index in [0.29, 0.717) is 16.5 Å². The zero-order chi connectivity index (χ0) is 20.1. The number of nitrogens with zero attached hydrogens (tertiary/aromatic N) is 1. The number of hydrogen-bond acceptors (Lipinski definition) is 7. The lowest BCUT2D eigenvalue weighted by Crippen LogP contribution is -2.40. The number of methoxy groups -OCH3 is 2. The van der Waals surface area contributed by atoms with Gasteiger partial charge in [0.25, 0.3) is 5.91 Å². The van der Waals surface area contributed by atoms with E-state index in [1.807, 2.05) is 5.32 Å². The molecule has 0 saturated carbocycles. The maximum absolute atomic E-state index is 12.4. The highest BCUT2D eigenvalue weighted by Gasteiger charge is 2.38. The highest BCUT2D eigenvalue weighted by Crippen LogP contribution is 2.35. The van der Waals surface area contributed by atoms with E-state index in [1.54, 1.807) is 18.2 Å². The molecule has 0 spiro atoms. The number of rotatable bonds is 5. The van der Waals surface area contributed by atoms with Crippen LogP contribution in [0.2, 0.25) is 5.02 Å². The molecule has 2 rings (SSSR count). The van der Waals surface area contributed by atoms with Gasteiger partial charge in [-0.1, -0.05) is 11.6 Å². The summed E-state index contributed by atoms with van der Waals surface area (Å²) in [5, 5.41) is 2.32. The molecule has 146 valence electrons. The van der Waals surface area contributed by atoms with E-state index in [-0.39, 0.29) is 18.9 Å². The van der Waals surface area contributed by atoms with E-state index in [0.717, 1.165) is 7.11 Å². The number of anilines is 1. The largest absolute Gasteiger partial charge is 0.495 e. The molecular weight excluding hydrogens is 380 g/mol. The van der Waals surface area contributed by atoms with E-state index in [2.05, 4.69) is 4.74 Å². The number of hydrogen-bond donors (Lipinski definition) is 1. The number of amides is 3. The first-order valence-corrected chi connectivity index (χ1v) is 8.37. The smallest absolute Gasteiger partial charge is 0.413 e. The molecule has 1 aromatic carbocycles. The SMILES string of the molecule is COC(=O)NC(=O)[C@@H](C)OC(=O)[C@H]1CC(=O)N(c2cc(Cl)ccc2OC)C1. The molecule has 9 nitrogen and oxygen atoms in total. The lowest BCUT2D eigenvalue weighted by atomic mass is 10.1. The van der Waals surface area contributed by atoms with Gasteiger partial charge in [-0.2, -0.15) is 0 Å². The van der Waals surface area contributed by atoms with Gasteiger partial charge in [0.15, 0.2) is 6.10 Å². The predicted molar refractivity (Wildman–Crippen MR) is 94.6 cm³/mol. The zero-order valence-electron chi connectivity index (χ0n) is 15.0. The van der Waals surface area contributed by atoms with Crippen LogP contribution in [0.1, 0.15) is 13.3 Å². The van der Waals surface area contributed by atoms with Crippen LogP contribution in [-0.2, 0) is 23.9 Å². The van der Waals surface area contributed by atoms with Gasteiger partial charge >= 0.3 is 12.1 Å². The van der Waals surface area contributed by atoms with Gasteiger partial charge in [-0.15, -0.1) is 0 Å². The summed E-state index contributed by atoms with van der Waals surface area (Å²) in [4.78, 5) is 48.8. The van der Waals surface area contributed by atoms with Crippen molar-refractivity contribution in [3.63, 3.8) is 0 Å². The van der Waals surface area contributed by atoms with Crippen LogP contribution in [0.25, 0.3) is 0 Å². The summed E-state index contributed by atoms with van der Waals surface area (Å²) in [7, 11) is 2.56. The Kier molecular flexibility index (Phi) is 6.62. The summed E-state index contributed by atoms with van der Waals surface area (Å²) in [5.74, 6) is -2.18. The van der Waals surface area contributed by atoms with Gasteiger partial charge in [0.05, 0.1) is 25.8 Å². The minimum atomic E-state index is -1.22. The predicted octanol–water partition coefficient (Wildman–Crippen LogP) is 1.52. The standard InChI is InChI=1S/C17H19ClN2O7/c1-9(15(22)19-17(24)26-3)27-16(23)10-6-14(21)20(8-10)12-7-11(18)4-5-13(12)25-2/h4-5,7,9-10H,6,8H2,1-3H3,(H,19,22,24)/t9-,10+/m1/s1. The third-order valence-corrected chi connectivity index (χ3v) is 4.20. The van der Waals surface area contributed by atoms with Crippen LogP contribution in [0.15, 0.2) is 18.2 Å². The topological polar surface area (TPSA) is 111 Å². The summed E-state index contributed by atoms with van der Waals surface area (Å²) in [6, 6.07) is 4.81. The average molecular weight is 399 g/mol. The summed E-state index contributed by atoms with van der Waals surface area (Å²) in [5.41, 5.74) is 0.446. The Labute approximate surface area is 160 Å². The fourth-order valence-corrected chi connectivity index (χ4v) is 2.72. The molecule has 1 fully saturated rings. The Morgan fingerprint density at radius 2 is 2.00 bits per heavy atom. The van der Waals surface area contributed by atoms with Crippen molar-refractivity contribution >= 4 is 41.2 Å². The minimum absolute atomic E-state index is 0.0553. The molecule has 3 amide bonds. The van der Waals surface area contributed by atoms with Gasteiger partial charge < -0.3 is 19.1 Å². The number of carbonyl (C=O) groups excluding carboxylic acids is 4. The normalized spacial score (nSPS) is 17.3. The summed E-state index contributed by atoms with van der Waals surface area (Å²) < 4.78 is 14.6. The van der Waals surface area contributed by atoms with E-state index < -0.39 is 30.0 Å². The molecule has 0 aliphatic carbocycles. The van der Waals surface area contributed by atoms with Gasteiger partial charge in [-0.05, 0) is 25.1 Å². The Bertz CT molecular complexity index is 768. The molecule has 1 N–H and O–H groups in total. The molecule has 0 radical (unpaired) electrons. The lowest BCUT2D eigenvalue weighted by molar-refractivity contribution is -0.158. The first-order valence-electron chi connectivity index (χ1n) is 8.00. The van der Waals surface area contributed by atoms with Crippen LogP contribution in [0.3, 0.4) is 0 Å². The third kappa shape index (κ3) is 4.88. The number of alkyl carbamates (subject to hydrolysis) is 1. The van der Waals surface area contributed by atoms with E-state index in [1.165, 1.54) is 18.9 Å². The van der Waals surface area contributed by atoms with Crippen LogP contribution in [0.5, 0.6) is 5.75 Å². The van der Waals surface area contributed by atoms with Crippen molar-refractivity contribution in [2.75, 3.05) is 25.7 Å². The molecular formula is C17H19ClN2O7. The summed E-state index contributed by atoms with van der Waals surface area (Å²) in [6.07, 6.45) is -2.26. The van der Waals surface area contributed by atoms with Gasteiger partial charge in [-0.3, -0.25) is 19.7 Å². The van der Waals surface area contributed by atoms with Gasteiger partial charge in [0, 0.05) is 18.0 Å². The van der Waals surface area contributed by atoms with Crippen LogP contribution >= 0.6 is 11.6 Å². The molecule has 1 aliphatic heterocycles. The second-order valence-corrected chi connectivity index (χ2v) is 6.22. The van der Waals surface area contributed by atoms with E-state index in [9.17, 15) is 19.2 Å². The Hall–Kier alpha value is -2.81. The van der Waals surface area contributed by atoms with Crippen LogP contribution in [0.4, 0.5) is 10.5 Å². The second kappa shape index (κ2) is 8.72. The van der Waals surface area contributed by atoms with Crippen LogP contribution in [-0.4, -0.2) is 50.7 Å². The highest BCUT2D eigenvalue weighted by atomic mass is 35.5. The third-order valence-electron chi connectivity index (χ3n) is 3.96. The Morgan fingerprint density at radius 3 is 2.63 bits per heavy atom. The van der Waals surface area contributed by atoms with Crippen LogP contribution in [0, 0.1) is 5.92 Å². The Morgan fingerprint density at radius 1 is 1.30 bits per heavy atom. The molecule has 1 heterocycles. The molecule has 0 unspecified atom stereocenters. The molecule has 1 saturated heterocycles. The minimum Gasteiger partial charge on any atom is -0.495 e. The van der Waals surface area contributed by atoms with Crippen molar-refractivity contribution in [3.8, 4) is 5.75 Å². The quantitative estimate of drug-likeness (QED) is 0.748. The molecule has 10 heteroatoms. The second-order valence-electron chi connectivity index (χ2n) is 5.78. The number of esters is 1. The zero-order valence-corrected chi connectivity index (χ0v) is 15.7. The van der Waals surface area contributed by atoms with E-state index in [4.69, 9.17) is 21.1 Å².